The number of nitro benzene ring substituents is 1. The third-order valence-corrected chi connectivity index (χ3v) is 2.52. The normalized spacial score (nSPS) is 11.5. The maximum Gasteiger partial charge on any atom is 0.276 e. The molecule has 0 aliphatic heterocycles. The molecule has 6 nitrogen and oxygen atoms in total. The molecule has 1 amide bonds. The van der Waals surface area contributed by atoms with E-state index in [-0.39, 0.29) is 11.6 Å². The minimum Gasteiger partial charge on any atom is -0.346 e. The molecule has 0 aliphatic carbocycles. The van der Waals surface area contributed by atoms with Crippen LogP contribution in [0.3, 0.4) is 0 Å². The van der Waals surface area contributed by atoms with Crippen LogP contribution in [0.2, 0.25) is 0 Å². The number of nitrogens with two attached hydrogens (primary N) is 1. The summed E-state index contributed by atoms with van der Waals surface area (Å²) < 4.78 is 0. The Bertz CT molecular complexity index is 510. The molecular formula is C13H17N3O3. The van der Waals surface area contributed by atoms with Crippen LogP contribution in [0, 0.1) is 10.1 Å². The van der Waals surface area contributed by atoms with Crippen molar-refractivity contribution in [2.75, 3.05) is 6.54 Å². The first-order chi connectivity index (χ1) is 8.85. The number of rotatable bonds is 5. The van der Waals surface area contributed by atoms with Crippen molar-refractivity contribution >= 4 is 17.7 Å². The van der Waals surface area contributed by atoms with E-state index in [4.69, 9.17) is 5.73 Å². The van der Waals surface area contributed by atoms with Crippen molar-refractivity contribution in [1.29, 1.82) is 0 Å². The van der Waals surface area contributed by atoms with Gasteiger partial charge in [0.05, 0.1) is 10.5 Å². The lowest BCUT2D eigenvalue weighted by atomic mass is 10.1. The summed E-state index contributed by atoms with van der Waals surface area (Å²) in [6, 6.07) is 6.22. The number of carbonyl (C=O) groups is 1. The number of amides is 1. The fraction of sp³-hybridized carbons (Fsp3) is 0.308. The summed E-state index contributed by atoms with van der Waals surface area (Å²) in [6.07, 6.45) is 2.68. The van der Waals surface area contributed by atoms with Gasteiger partial charge in [-0.1, -0.05) is 12.1 Å². The van der Waals surface area contributed by atoms with Crippen molar-refractivity contribution in [3.05, 3.63) is 46.0 Å². The van der Waals surface area contributed by atoms with Crippen molar-refractivity contribution in [1.82, 2.24) is 5.32 Å². The zero-order chi connectivity index (χ0) is 14.5. The Hall–Kier alpha value is -2.21. The van der Waals surface area contributed by atoms with Crippen LogP contribution in [-0.4, -0.2) is 22.9 Å². The van der Waals surface area contributed by atoms with Crippen molar-refractivity contribution in [3.63, 3.8) is 0 Å². The first-order valence-corrected chi connectivity index (χ1v) is 5.79. The van der Waals surface area contributed by atoms with Gasteiger partial charge in [-0.2, -0.15) is 0 Å². The average molecular weight is 263 g/mol. The van der Waals surface area contributed by atoms with Crippen LogP contribution in [0.25, 0.3) is 6.08 Å². The van der Waals surface area contributed by atoms with Gasteiger partial charge in [0.1, 0.15) is 0 Å². The molecule has 0 spiro atoms. The Morgan fingerprint density at radius 3 is 2.68 bits per heavy atom. The SMILES string of the molecule is CC(C)(CN)NC(=O)C=Cc1ccccc1[N+](=O)[O-]. The van der Waals surface area contributed by atoms with E-state index in [1.54, 1.807) is 32.0 Å². The largest absolute Gasteiger partial charge is 0.346 e. The standard InChI is InChI=1S/C13H17N3O3/c1-13(2,9-14)15-12(17)8-7-10-5-3-4-6-11(10)16(18)19/h3-8H,9,14H2,1-2H3,(H,15,17). The second kappa shape index (κ2) is 6.10. The second-order valence-corrected chi connectivity index (χ2v) is 4.73. The van der Waals surface area contributed by atoms with Gasteiger partial charge in [-0.25, -0.2) is 0 Å². The molecule has 3 N–H and O–H groups in total. The summed E-state index contributed by atoms with van der Waals surface area (Å²) >= 11 is 0. The fourth-order valence-electron chi connectivity index (χ4n) is 1.39. The van der Waals surface area contributed by atoms with E-state index in [1.165, 1.54) is 18.2 Å². The van der Waals surface area contributed by atoms with E-state index in [1.807, 2.05) is 0 Å². The van der Waals surface area contributed by atoms with Gasteiger partial charge in [0, 0.05) is 24.2 Å². The van der Waals surface area contributed by atoms with Gasteiger partial charge >= 0.3 is 0 Å². The van der Waals surface area contributed by atoms with Gasteiger partial charge < -0.3 is 11.1 Å². The monoisotopic (exact) mass is 263 g/mol. The number of benzene rings is 1. The number of carbonyl (C=O) groups excluding carboxylic acids is 1. The predicted octanol–water partition coefficient (Wildman–Crippen LogP) is 1.46. The Balaban J connectivity index is 2.83. The molecule has 0 atom stereocenters. The highest BCUT2D eigenvalue weighted by Crippen LogP contribution is 2.18. The zero-order valence-electron chi connectivity index (χ0n) is 10.9. The molecule has 0 unspecified atom stereocenters. The molecule has 102 valence electrons. The minimum absolute atomic E-state index is 0.0374. The summed E-state index contributed by atoms with van der Waals surface area (Å²) in [6.45, 7) is 3.89. The summed E-state index contributed by atoms with van der Waals surface area (Å²) in [5.41, 5.74) is 5.33. The van der Waals surface area contributed by atoms with Gasteiger partial charge in [0.25, 0.3) is 5.69 Å². The third kappa shape index (κ3) is 4.51. The maximum atomic E-state index is 11.6. The highest BCUT2D eigenvalue weighted by molar-refractivity contribution is 5.92. The van der Waals surface area contributed by atoms with Gasteiger partial charge in [0.2, 0.25) is 5.91 Å². The van der Waals surface area contributed by atoms with E-state index < -0.39 is 10.5 Å². The lowest BCUT2D eigenvalue weighted by molar-refractivity contribution is -0.385. The Morgan fingerprint density at radius 1 is 1.47 bits per heavy atom. The van der Waals surface area contributed by atoms with Gasteiger partial charge in [-0.3, -0.25) is 14.9 Å². The van der Waals surface area contributed by atoms with Crippen LogP contribution in [0.15, 0.2) is 30.3 Å². The first kappa shape index (κ1) is 14.8. The van der Waals surface area contributed by atoms with Crippen molar-refractivity contribution < 1.29 is 9.72 Å². The lowest BCUT2D eigenvalue weighted by Crippen LogP contribution is -2.48. The Labute approximate surface area is 111 Å². The Morgan fingerprint density at radius 2 is 2.11 bits per heavy atom. The zero-order valence-corrected chi connectivity index (χ0v) is 10.9. The minimum atomic E-state index is -0.510. The van der Waals surface area contributed by atoms with Crippen LogP contribution in [-0.2, 0) is 4.79 Å². The number of hydrogen-bond acceptors (Lipinski definition) is 4. The molecule has 0 saturated carbocycles. The van der Waals surface area contributed by atoms with Crippen LogP contribution < -0.4 is 11.1 Å². The van der Waals surface area contributed by atoms with Crippen LogP contribution >= 0.6 is 0 Å². The summed E-state index contributed by atoms with van der Waals surface area (Å²) in [5, 5.41) is 13.5. The van der Waals surface area contributed by atoms with E-state index in [9.17, 15) is 14.9 Å². The van der Waals surface area contributed by atoms with Crippen LogP contribution in [0.1, 0.15) is 19.4 Å². The second-order valence-electron chi connectivity index (χ2n) is 4.73. The first-order valence-electron chi connectivity index (χ1n) is 5.79. The molecule has 1 rings (SSSR count). The highest BCUT2D eigenvalue weighted by atomic mass is 16.6. The quantitative estimate of drug-likeness (QED) is 0.477. The molecule has 19 heavy (non-hydrogen) atoms. The molecule has 1 aromatic carbocycles. The van der Waals surface area contributed by atoms with E-state index in [0.717, 1.165) is 0 Å². The lowest BCUT2D eigenvalue weighted by Gasteiger charge is -2.23. The molecule has 0 aliphatic rings. The van der Waals surface area contributed by atoms with Gasteiger partial charge in [0.15, 0.2) is 0 Å². The van der Waals surface area contributed by atoms with Gasteiger partial charge in [-0.05, 0) is 26.0 Å². The molecular weight excluding hydrogens is 246 g/mol. The number of nitrogens with one attached hydrogen (secondary N) is 1. The topological polar surface area (TPSA) is 98.3 Å². The fourth-order valence-corrected chi connectivity index (χ4v) is 1.39. The average Bonchev–Trinajstić information content (AvgIpc) is 2.36. The molecule has 6 heteroatoms. The number of hydrogen-bond donors (Lipinski definition) is 2. The summed E-state index contributed by atoms with van der Waals surface area (Å²) in [7, 11) is 0. The predicted molar refractivity (Wildman–Crippen MR) is 73.4 cm³/mol. The van der Waals surface area contributed by atoms with Crippen LogP contribution in [0.4, 0.5) is 5.69 Å². The van der Waals surface area contributed by atoms with E-state index >= 15 is 0 Å². The highest BCUT2D eigenvalue weighted by Gasteiger charge is 2.17. The number of nitro groups is 1. The summed E-state index contributed by atoms with van der Waals surface area (Å²) in [5.74, 6) is -0.339. The maximum absolute atomic E-state index is 11.6. The van der Waals surface area contributed by atoms with Crippen molar-refractivity contribution in [2.45, 2.75) is 19.4 Å². The number of nitrogens with zero attached hydrogens (tertiary/aromatic N) is 1. The Kier molecular flexibility index (Phi) is 4.77. The van der Waals surface area contributed by atoms with Gasteiger partial charge in [-0.15, -0.1) is 0 Å². The van der Waals surface area contributed by atoms with Crippen LogP contribution in [0.5, 0.6) is 0 Å². The molecule has 0 saturated heterocycles. The molecule has 0 fully saturated rings. The van der Waals surface area contributed by atoms with E-state index in [0.29, 0.717) is 12.1 Å². The molecule has 0 aromatic heterocycles. The summed E-state index contributed by atoms with van der Waals surface area (Å²) in [4.78, 5) is 22.0. The molecule has 0 radical (unpaired) electrons. The third-order valence-electron chi connectivity index (χ3n) is 2.52. The van der Waals surface area contributed by atoms with E-state index in [2.05, 4.69) is 5.32 Å². The van der Waals surface area contributed by atoms with Crippen molar-refractivity contribution in [2.24, 2.45) is 5.73 Å². The smallest absolute Gasteiger partial charge is 0.276 e. The van der Waals surface area contributed by atoms with Crippen molar-refractivity contribution in [3.8, 4) is 0 Å². The molecule has 1 aromatic rings. The number of para-hydroxylation sites is 1. The molecule has 0 bridgehead atoms. The molecule has 0 heterocycles.